The first kappa shape index (κ1) is 20.8. The van der Waals surface area contributed by atoms with E-state index in [-0.39, 0.29) is 12.5 Å². The highest BCUT2D eigenvalue weighted by Gasteiger charge is 2.40. The molecule has 2 rings (SSSR count). The summed E-state index contributed by atoms with van der Waals surface area (Å²) in [7, 11) is 3.60. The Morgan fingerprint density at radius 3 is 2.58 bits per heavy atom. The van der Waals surface area contributed by atoms with Gasteiger partial charge in [0.2, 0.25) is 0 Å². The lowest BCUT2D eigenvalue weighted by atomic mass is 10.0. The van der Waals surface area contributed by atoms with E-state index in [0.717, 1.165) is 5.56 Å². The summed E-state index contributed by atoms with van der Waals surface area (Å²) >= 11 is 1.27. The summed E-state index contributed by atoms with van der Waals surface area (Å²) in [6, 6.07) is 9.57. The topological polar surface area (TPSA) is 35.8 Å². The average Bonchev–Trinajstić information content (AvgIpc) is 2.57. The second-order valence-electron chi connectivity index (χ2n) is 6.35. The molecule has 1 aromatic carbocycles. The Morgan fingerprint density at radius 1 is 1.31 bits per heavy atom. The third kappa shape index (κ3) is 7.03. The molecule has 0 radical (unpaired) electrons. The number of ether oxygens (including phenoxy) is 2. The Labute approximate surface area is 156 Å². The van der Waals surface area contributed by atoms with Crippen molar-refractivity contribution in [3.63, 3.8) is 0 Å². The summed E-state index contributed by atoms with van der Waals surface area (Å²) in [4.78, 5) is 1.76. The molecule has 0 N–H and O–H groups in total. The number of thioether (sulfide) groups is 1. The summed E-state index contributed by atoms with van der Waals surface area (Å²) in [6.45, 7) is 3.87. The molecule has 3 atom stereocenters. The fourth-order valence-corrected chi connectivity index (χ4v) is 3.77. The van der Waals surface area contributed by atoms with Gasteiger partial charge in [0.05, 0.1) is 39.3 Å². The van der Waals surface area contributed by atoms with Crippen LogP contribution in [0.2, 0.25) is 0 Å². The number of alkyl halides is 3. The van der Waals surface area contributed by atoms with E-state index in [4.69, 9.17) is 9.47 Å². The maximum atomic E-state index is 12.8. The molecular weight excluding hydrogens is 365 g/mol. The molecule has 0 saturated carbocycles. The Balaban J connectivity index is 2.02. The Morgan fingerprint density at radius 2 is 2.00 bits per heavy atom. The van der Waals surface area contributed by atoms with E-state index in [1.807, 2.05) is 30.3 Å². The molecule has 3 unspecified atom stereocenters. The average molecular weight is 389 g/mol. The number of hydrogen-bond acceptors (Lipinski definition) is 3. The van der Waals surface area contributed by atoms with Gasteiger partial charge in [-0.2, -0.15) is 13.2 Å². The van der Waals surface area contributed by atoms with Crippen molar-refractivity contribution in [2.45, 2.75) is 49.7 Å². The van der Waals surface area contributed by atoms with Gasteiger partial charge in [-0.25, -0.2) is 9.57 Å². The van der Waals surface area contributed by atoms with Crippen molar-refractivity contribution in [3.05, 3.63) is 35.9 Å². The van der Waals surface area contributed by atoms with Gasteiger partial charge in [0, 0.05) is 24.6 Å². The van der Waals surface area contributed by atoms with Crippen molar-refractivity contribution in [3.8, 4) is 0 Å². The zero-order valence-electron chi connectivity index (χ0n) is 14.9. The lowest BCUT2D eigenvalue weighted by Gasteiger charge is -2.34. The van der Waals surface area contributed by atoms with Gasteiger partial charge < -0.3 is 9.47 Å². The van der Waals surface area contributed by atoms with E-state index in [2.05, 4.69) is 11.4 Å². The number of rotatable bonds is 5. The second kappa shape index (κ2) is 9.46. The first-order chi connectivity index (χ1) is 12.3. The van der Waals surface area contributed by atoms with E-state index in [1.54, 1.807) is 19.0 Å². The summed E-state index contributed by atoms with van der Waals surface area (Å²) in [5, 5.41) is 0.601. The zero-order chi connectivity index (χ0) is 19.2. The minimum Gasteiger partial charge on any atom is -0.373 e. The van der Waals surface area contributed by atoms with Crippen molar-refractivity contribution in [1.29, 1.82) is 0 Å². The van der Waals surface area contributed by atoms with Crippen molar-refractivity contribution < 1.29 is 22.6 Å². The molecule has 26 heavy (non-hydrogen) atoms. The normalized spacial score (nSPS) is 23.3. The number of hydrogen-bond donors (Lipinski definition) is 0. The molecule has 0 bridgehead atoms. The smallest absolute Gasteiger partial charge is 0.373 e. The van der Waals surface area contributed by atoms with Crippen molar-refractivity contribution in [1.82, 2.24) is 9.57 Å². The first-order valence-electron chi connectivity index (χ1n) is 8.32. The highest BCUT2D eigenvalue weighted by molar-refractivity contribution is 8.14. The van der Waals surface area contributed by atoms with Gasteiger partial charge in [0.1, 0.15) is 5.44 Å². The van der Waals surface area contributed by atoms with Gasteiger partial charge in [-0.15, -0.1) is 0 Å². The summed E-state index contributed by atoms with van der Waals surface area (Å²) in [6.07, 6.45) is -5.75. The van der Waals surface area contributed by atoms with Crippen LogP contribution in [0.1, 0.15) is 24.8 Å². The van der Waals surface area contributed by atoms with Gasteiger partial charge >= 0.3 is 11.3 Å². The number of nitrogens with zero attached hydrogens (tertiary/aromatic N) is 2. The van der Waals surface area contributed by atoms with E-state index in [9.17, 15) is 13.2 Å². The van der Waals surface area contributed by atoms with E-state index < -0.39 is 24.1 Å². The molecule has 0 aromatic heterocycles. The molecule has 1 fully saturated rings. The molecule has 8 heteroatoms. The van der Waals surface area contributed by atoms with Crippen LogP contribution in [0.4, 0.5) is 13.2 Å². The Hall–Kier alpha value is -1.47. The number of halogens is 3. The van der Waals surface area contributed by atoms with Gasteiger partial charge in [-0.05, 0) is 5.56 Å². The predicted molar refractivity (Wildman–Crippen MR) is 99.1 cm³/mol. The van der Waals surface area contributed by atoms with Gasteiger partial charge in [0.15, 0.2) is 6.72 Å². The standard InChI is InChI=1S/C18H24F3N2O2S/c1-22-17(23(2)3)26-16-10-14(9-15(25-16)11-18(19,20)21)24-12-13-7-5-4-6-8-13/h4-8,14-16H,1,9-12H2,2-3H3/q+1. The SMILES string of the molecule is C=[N+]=C(SC1CC(OCc2ccccc2)CC(CC(F)(F)F)O1)N(C)C. The van der Waals surface area contributed by atoms with Crippen molar-refractivity contribution in [2.24, 2.45) is 0 Å². The van der Waals surface area contributed by atoms with E-state index in [1.165, 1.54) is 11.8 Å². The third-order valence-electron chi connectivity index (χ3n) is 3.87. The zero-order valence-corrected chi connectivity index (χ0v) is 15.7. The molecule has 1 heterocycles. The fourth-order valence-electron chi connectivity index (χ4n) is 2.72. The highest BCUT2D eigenvalue weighted by Crippen LogP contribution is 2.35. The van der Waals surface area contributed by atoms with Crippen LogP contribution in [0, 0.1) is 0 Å². The summed E-state index contributed by atoms with van der Waals surface area (Å²) < 4.78 is 54.0. The van der Waals surface area contributed by atoms with Crippen LogP contribution in [-0.2, 0) is 16.1 Å². The summed E-state index contributed by atoms with van der Waals surface area (Å²) in [5.41, 5.74) is 0.531. The lowest BCUT2D eigenvalue weighted by molar-refractivity contribution is -0.179. The van der Waals surface area contributed by atoms with Crippen LogP contribution in [0.15, 0.2) is 30.3 Å². The second-order valence-corrected chi connectivity index (χ2v) is 7.48. The van der Waals surface area contributed by atoms with Crippen LogP contribution in [0.25, 0.3) is 0 Å². The van der Waals surface area contributed by atoms with E-state index in [0.29, 0.717) is 18.2 Å². The first-order valence-corrected chi connectivity index (χ1v) is 9.20. The van der Waals surface area contributed by atoms with E-state index >= 15 is 0 Å². The van der Waals surface area contributed by atoms with Gasteiger partial charge in [0.25, 0.3) is 0 Å². The Kier molecular flexibility index (Phi) is 7.58. The van der Waals surface area contributed by atoms with Crippen LogP contribution in [0.5, 0.6) is 0 Å². The minimum atomic E-state index is -4.27. The van der Waals surface area contributed by atoms with Gasteiger partial charge in [-0.3, -0.25) is 0 Å². The highest BCUT2D eigenvalue weighted by atomic mass is 32.2. The quantitative estimate of drug-likeness (QED) is 0.439. The molecule has 0 amide bonds. The van der Waals surface area contributed by atoms with Crippen LogP contribution in [0.3, 0.4) is 0 Å². The van der Waals surface area contributed by atoms with Crippen LogP contribution < -0.4 is 4.67 Å². The predicted octanol–water partition coefficient (Wildman–Crippen LogP) is 3.45. The maximum Gasteiger partial charge on any atom is 0.407 e. The molecule has 0 aliphatic carbocycles. The third-order valence-corrected chi connectivity index (χ3v) is 5.14. The van der Waals surface area contributed by atoms with Crippen LogP contribution >= 0.6 is 11.8 Å². The molecule has 144 valence electrons. The molecule has 4 nitrogen and oxygen atoms in total. The minimum absolute atomic E-state index is 0.224. The number of amidine groups is 1. The maximum absolute atomic E-state index is 12.8. The fraction of sp³-hybridized carbons (Fsp3) is 0.556. The lowest BCUT2D eigenvalue weighted by Crippen LogP contribution is -2.39. The largest absolute Gasteiger partial charge is 0.407 e. The van der Waals surface area contributed by atoms with Crippen molar-refractivity contribution >= 4 is 23.6 Å². The monoisotopic (exact) mass is 389 g/mol. The molecule has 1 saturated heterocycles. The van der Waals surface area contributed by atoms with Crippen molar-refractivity contribution in [2.75, 3.05) is 14.1 Å². The molecule has 1 aromatic rings. The Bertz CT molecular complexity index is 619. The molecule has 1 aliphatic rings. The van der Waals surface area contributed by atoms with Crippen LogP contribution in [-0.4, -0.2) is 54.7 Å². The van der Waals surface area contributed by atoms with Gasteiger partial charge in [-0.1, -0.05) is 30.3 Å². The molecular formula is C18H24F3N2O2S+. The molecule has 0 spiro atoms. The summed E-state index contributed by atoms with van der Waals surface area (Å²) in [5.74, 6) is 0. The number of benzene rings is 1. The molecule has 1 aliphatic heterocycles.